The van der Waals surface area contributed by atoms with Crippen LogP contribution < -0.4 is 0 Å². The van der Waals surface area contributed by atoms with Gasteiger partial charge in [0.25, 0.3) is 0 Å². The Morgan fingerprint density at radius 1 is 1.37 bits per heavy atom. The van der Waals surface area contributed by atoms with E-state index in [0.717, 1.165) is 11.4 Å². The fourth-order valence-corrected chi connectivity index (χ4v) is 2.91. The van der Waals surface area contributed by atoms with E-state index >= 15 is 0 Å². The van der Waals surface area contributed by atoms with Gasteiger partial charge in [0.15, 0.2) is 0 Å². The molecule has 0 radical (unpaired) electrons. The molecule has 100 valence electrons. The van der Waals surface area contributed by atoms with Crippen LogP contribution in [0.3, 0.4) is 0 Å². The summed E-state index contributed by atoms with van der Waals surface area (Å²) in [5.74, 6) is -0.622. The SMILES string of the molecule is Cc1cc(CS(=O)c2ccc(C(=O)O)cc2)n(C)n1. The van der Waals surface area contributed by atoms with Crippen LogP contribution in [0, 0.1) is 6.92 Å². The number of carboxylic acid groups (broad SMARTS) is 1. The Bertz CT molecular complexity index is 632. The summed E-state index contributed by atoms with van der Waals surface area (Å²) in [6.45, 7) is 1.88. The number of rotatable bonds is 4. The van der Waals surface area contributed by atoms with Gasteiger partial charge >= 0.3 is 5.97 Å². The number of hydrogen-bond donors (Lipinski definition) is 1. The van der Waals surface area contributed by atoms with Crippen molar-refractivity contribution >= 4 is 16.8 Å². The van der Waals surface area contributed by atoms with Gasteiger partial charge in [0.2, 0.25) is 0 Å². The van der Waals surface area contributed by atoms with Crippen LogP contribution in [0.4, 0.5) is 0 Å². The van der Waals surface area contributed by atoms with Crippen molar-refractivity contribution in [2.75, 3.05) is 0 Å². The predicted molar refractivity (Wildman–Crippen MR) is 71.5 cm³/mol. The predicted octanol–water partition coefficient (Wildman–Crippen LogP) is 1.73. The number of aromatic nitrogens is 2. The molecule has 2 aromatic rings. The topological polar surface area (TPSA) is 72.2 Å². The Labute approximate surface area is 113 Å². The van der Waals surface area contributed by atoms with E-state index in [4.69, 9.17) is 5.11 Å². The monoisotopic (exact) mass is 278 g/mol. The minimum Gasteiger partial charge on any atom is -0.478 e. The van der Waals surface area contributed by atoms with Gasteiger partial charge in [-0.3, -0.25) is 8.89 Å². The molecular formula is C13H14N2O3S. The first-order chi connectivity index (χ1) is 8.97. The number of aromatic carboxylic acids is 1. The summed E-state index contributed by atoms with van der Waals surface area (Å²) >= 11 is 0. The zero-order valence-electron chi connectivity index (χ0n) is 10.7. The molecule has 0 saturated heterocycles. The van der Waals surface area contributed by atoms with Crippen molar-refractivity contribution in [3.05, 3.63) is 47.3 Å². The Morgan fingerprint density at radius 2 is 2.00 bits per heavy atom. The summed E-state index contributed by atoms with van der Waals surface area (Å²) in [6, 6.07) is 7.99. The number of hydrogen-bond acceptors (Lipinski definition) is 3. The van der Waals surface area contributed by atoms with E-state index in [2.05, 4.69) is 5.10 Å². The third-order valence-corrected chi connectivity index (χ3v) is 4.10. The fourth-order valence-electron chi connectivity index (χ4n) is 1.77. The number of nitrogens with zero attached hydrogens (tertiary/aromatic N) is 2. The Kier molecular flexibility index (Phi) is 3.80. The van der Waals surface area contributed by atoms with Crippen molar-refractivity contribution in [3.63, 3.8) is 0 Å². The van der Waals surface area contributed by atoms with Crippen molar-refractivity contribution in [1.82, 2.24) is 9.78 Å². The highest BCUT2D eigenvalue weighted by molar-refractivity contribution is 7.84. The minimum atomic E-state index is -1.21. The summed E-state index contributed by atoms with van der Waals surface area (Å²) < 4.78 is 13.9. The molecule has 1 unspecified atom stereocenters. The van der Waals surface area contributed by atoms with Gasteiger partial charge in [-0.05, 0) is 37.3 Å². The van der Waals surface area contributed by atoms with Gasteiger partial charge < -0.3 is 5.11 Å². The normalized spacial score (nSPS) is 12.3. The van der Waals surface area contributed by atoms with Crippen LogP contribution in [0.5, 0.6) is 0 Å². The summed E-state index contributed by atoms with van der Waals surface area (Å²) in [4.78, 5) is 11.3. The van der Waals surface area contributed by atoms with Gasteiger partial charge in [-0.25, -0.2) is 4.79 Å². The molecule has 5 nitrogen and oxygen atoms in total. The number of carbonyl (C=O) groups is 1. The largest absolute Gasteiger partial charge is 0.478 e. The first kappa shape index (κ1) is 13.5. The van der Waals surface area contributed by atoms with E-state index in [0.29, 0.717) is 10.6 Å². The molecule has 1 heterocycles. The standard InChI is InChI=1S/C13H14N2O3S/c1-9-7-11(15(2)14-9)8-19(18)12-5-3-10(4-6-12)13(16)17/h3-7H,8H2,1-2H3,(H,16,17). The average molecular weight is 278 g/mol. The summed E-state index contributed by atoms with van der Waals surface area (Å²) in [6.07, 6.45) is 0. The average Bonchev–Trinajstić information content (AvgIpc) is 2.68. The molecular weight excluding hydrogens is 264 g/mol. The number of carboxylic acids is 1. The summed E-state index contributed by atoms with van der Waals surface area (Å²) in [5.41, 5.74) is 1.96. The molecule has 0 aliphatic carbocycles. The van der Waals surface area contributed by atoms with E-state index in [1.807, 2.05) is 20.0 Å². The van der Waals surface area contributed by atoms with Gasteiger partial charge in [-0.1, -0.05) is 0 Å². The highest BCUT2D eigenvalue weighted by Gasteiger charge is 2.10. The van der Waals surface area contributed by atoms with Gasteiger partial charge in [0.05, 0.1) is 33.5 Å². The van der Waals surface area contributed by atoms with Crippen molar-refractivity contribution < 1.29 is 14.1 Å². The van der Waals surface area contributed by atoms with Crippen molar-refractivity contribution in [1.29, 1.82) is 0 Å². The lowest BCUT2D eigenvalue weighted by Crippen LogP contribution is -2.03. The fraction of sp³-hybridized carbons (Fsp3) is 0.231. The maximum Gasteiger partial charge on any atom is 0.335 e. The van der Waals surface area contributed by atoms with Gasteiger partial charge in [-0.15, -0.1) is 0 Å². The van der Waals surface area contributed by atoms with Crippen LogP contribution in [0.15, 0.2) is 35.2 Å². The molecule has 1 aromatic heterocycles. The zero-order valence-corrected chi connectivity index (χ0v) is 11.5. The maximum atomic E-state index is 12.2. The second-order valence-corrected chi connectivity index (χ2v) is 5.67. The molecule has 0 amide bonds. The second-order valence-electron chi connectivity index (χ2n) is 4.22. The summed E-state index contributed by atoms with van der Waals surface area (Å²) in [5, 5.41) is 13.0. The maximum absolute atomic E-state index is 12.2. The molecule has 1 atom stereocenters. The minimum absolute atomic E-state index is 0.192. The molecule has 6 heteroatoms. The third-order valence-electron chi connectivity index (χ3n) is 2.74. The Balaban J connectivity index is 2.16. The molecule has 1 N–H and O–H groups in total. The lowest BCUT2D eigenvalue weighted by atomic mass is 10.2. The lowest BCUT2D eigenvalue weighted by Gasteiger charge is -2.03. The molecule has 0 aliphatic rings. The number of aryl methyl sites for hydroxylation is 2. The molecule has 0 saturated carbocycles. The van der Waals surface area contributed by atoms with E-state index in [1.54, 1.807) is 16.8 Å². The number of benzene rings is 1. The molecule has 0 aliphatic heterocycles. The zero-order chi connectivity index (χ0) is 14.0. The lowest BCUT2D eigenvalue weighted by molar-refractivity contribution is 0.0697. The van der Waals surface area contributed by atoms with E-state index < -0.39 is 16.8 Å². The van der Waals surface area contributed by atoms with Gasteiger partial charge in [0.1, 0.15) is 0 Å². The van der Waals surface area contributed by atoms with Crippen LogP contribution in [-0.4, -0.2) is 25.1 Å². The van der Waals surface area contributed by atoms with E-state index in [1.165, 1.54) is 12.1 Å². The highest BCUT2D eigenvalue weighted by Crippen LogP contribution is 2.14. The highest BCUT2D eigenvalue weighted by atomic mass is 32.2. The molecule has 0 spiro atoms. The molecule has 0 fully saturated rings. The van der Waals surface area contributed by atoms with Crippen LogP contribution in [-0.2, 0) is 23.6 Å². The first-order valence-electron chi connectivity index (χ1n) is 5.68. The van der Waals surface area contributed by atoms with Crippen molar-refractivity contribution in [2.24, 2.45) is 7.05 Å². The van der Waals surface area contributed by atoms with Crippen molar-refractivity contribution in [3.8, 4) is 0 Å². The third kappa shape index (κ3) is 3.08. The van der Waals surface area contributed by atoms with E-state index in [-0.39, 0.29) is 5.56 Å². The van der Waals surface area contributed by atoms with Crippen LogP contribution in [0.25, 0.3) is 0 Å². The second kappa shape index (κ2) is 5.36. The van der Waals surface area contributed by atoms with Gasteiger partial charge in [-0.2, -0.15) is 5.10 Å². The van der Waals surface area contributed by atoms with Crippen molar-refractivity contribution in [2.45, 2.75) is 17.6 Å². The smallest absolute Gasteiger partial charge is 0.335 e. The van der Waals surface area contributed by atoms with Crippen LogP contribution in [0.1, 0.15) is 21.7 Å². The molecule has 2 rings (SSSR count). The summed E-state index contributed by atoms with van der Waals surface area (Å²) in [7, 11) is 0.606. The van der Waals surface area contributed by atoms with Crippen LogP contribution in [0.2, 0.25) is 0 Å². The molecule has 1 aromatic carbocycles. The first-order valence-corrected chi connectivity index (χ1v) is 7.00. The molecule has 19 heavy (non-hydrogen) atoms. The van der Waals surface area contributed by atoms with Gasteiger partial charge in [0, 0.05) is 11.9 Å². The Morgan fingerprint density at radius 3 is 2.47 bits per heavy atom. The van der Waals surface area contributed by atoms with Crippen LogP contribution >= 0.6 is 0 Å². The van der Waals surface area contributed by atoms with E-state index in [9.17, 15) is 9.00 Å². The quantitative estimate of drug-likeness (QED) is 0.924. The molecule has 0 bridgehead atoms. The Hall–Kier alpha value is -1.95.